The number of Topliss-reactive ketones (excluding diaryl/α,β-unsaturated/α-hetero) is 1. The van der Waals surface area contributed by atoms with E-state index in [9.17, 15) is 9.59 Å². The maximum absolute atomic E-state index is 12.1. The Balaban J connectivity index is 1.58. The Morgan fingerprint density at radius 2 is 1.50 bits per heavy atom. The lowest BCUT2D eigenvalue weighted by Crippen LogP contribution is -2.59. The van der Waals surface area contributed by atoms with E-state index in [2.05, 4.69) is 4.90 Å². The van der Waals surface area contributed by atoms with Gasteiger partial charge in [0.05, 0.1) is 6.42 Å². The van der Waals surface area contributed by atoms with Gasteiger partial charge in [0.15, 0.2) is 0 Å². The van der Waals surface area contributed by atoms with Crippen molar-refractivity contribution in [2.24, 2.45) is 23.7 Å². The van der Waals surface area contributed by atoms with Gasteiger partial charge in [0, 0.05) is 19.0 Å². The summed E-state index contributed by atoms with van der Waals surface area (Å²) >= 11 is 0. The van der Waals surface area contributed by atoms with Crippen LogP contribution in [0.25, 0.3) is 0 Å². The van der Waals surface area contributed by atoms with Crippen molar-refractivity contribution >= 4 is 11.7 Å². The first-order valence-corrected chi connectivity index (χ1v) is 7.52. The van der Waals surface area contributed by atoms with Crippen LogP contribution in [0.15, 0.2) is 0 Å². The fraction of sp³-hybridized carbons (Fsp3) is 0.867. The lowest BCUT2D eigenvalue weighted by Gasteiger charge is -2.57. The van der Waals surface area contributed by atoms with Crippen LogP contribution in [0.1, 0.15) is 44.9 Å². The predicted molar refractivity (Wildman–Crippen MR) is 66.8 cm³/mol. The highest BCUT2D eigenvalue weighted by atomic mass is 16.2. The summed E-state index contributed by atoms with van der Waals surface area (Å²) in [6, 6.07) is 0.485. The van der Waals surface area contributed by atoms with Crippen LogP contribution in [0.2, 0.25) is 0 Å². The van der Waals surface area contributed by atoms with Gasteiger partial charge in [-0.15, -0.1) is 0 Å². The molecule has 0 unspecified atom stereocenters. The summed E-state index contributed by atoms with van der Waals surface area (Å²) in [6.45, 7) is 0.699. The van der Waals surface area contributed by atoms with Crippen LogP contribution in [-0.2, 0) is 9.59 Å². The van der Waals surface area contributed by atoms with Crippen LogP contribution in [0.5, 0.6) is 0 Å². The monoisotopic (exact) mass is 247 g/mol. The van der Waals surface area contributed by atoms with Gasteiger partial charge < -0.3 is 4.90 Å². The van der Waals surface area contributed by atoms with Gasteiger partial charge in [0.1, 0.15) is 5.78 Å². The standard InChI is InChI=1S/C15H21NO2/c17-13-1-2-16(14(18)8-13)15-11-4-9-3-10(6-11)7-12(15)5-9/h9-12,15H,1-8H2. The molecule has 18 heavy (non-hydrogen) atoms. The first-order valence-electron chi connectivity index (χ1n) is 7.52. The molecule has 3 nitrogen and oxygen atoms in total. The molecule has 0 spiro atoms. The van der Waals surface area contributed by atoms with Gasteiger partial charge in [-0.3, -0.25) is 9.59 Å². The number of ketones is 1. The number of rotatable bonds is 1. The molecule has 5 fully saturated rings. The van der Waals surface area contributed by atoms with Gasteiger partial charge >= 0.3 is 0 Å². The molecule has 0 radical (unpaired) electrons. The Kier molecular flexibility index (Phi) is 2.33. The number of amides is 1. The molecule has 98 valence electrons. The third-order valence-electron chi connectivity index (χ3n) is 5.84. The number of carbonyl (C=O) groups excluding carboxylic acids is 2. The second-order valence-electron chi connectivity index (χ2n) is 6.97. The van der Waals surface area contributed by atoms with Crippen molar-refractivity contribution in [3.8, 4) is 0 Å². The van der Waals surface area contributed by atoms with Crippen LogP contribution in [0, 0.1) is 23.7 Å². The zero-order valence-corrected chi connectivity index (χ0v) is 10.8. The predicted octanol–water partition coefficient (Wildman–Crippen LogP) is 2.00. The number of likely N-dealkylation sites (tertiary alicyclic amines) is 1. The molecular weight excluding hydrogens is 226 g/mol. The quantitative estimate of drug-likeness (QED) is 0.665. The Bertz CT molecular complexity index is 375. The largest absolute Gasteiger partial charge is 0.338 e. The average Bonchev–Trinajstić information content (AvgIpc) is 2.30. The van der Waals surface area contributed by atoms with E-state index in [1.54, 1.807) is 0 Å². The third-order valence-corrected chi connectivity index (χ3v) is 5.84. The highest BCUT2D eigenvalue weighted by Gasteiger charge is 2.51. The Morgan fingerprint density at radius 3 is 2.06 bits per heavy atom. The lowest BCUT2D eigenvalue weighted by molar-refractivity contribution is -0.150. The Morgan fingerprint density at radius 1 is 0.889 bits per heavy atom. The molecule has 1 aliphatic heterocycles. The molecular formula is C15H21NO2. The third kappa shape index (κ3) is 1.55. The fourth-order valence-corrected chi connectivity index (χ4v) is 5.45. The normalized spacial score (nSPS) is 46.9. The van der Waals surface area contributed by atoms with Gasteiger partial charge in [0.2, 0.25) is 5.91 Å². The second kappa shape index (κ2) is 3.82. The number of nitrogens with zero attached hydrogens (tertiary/aromatic N) is 1. The molecule has 0 N–H and O–H groups in total. The molecule has 4 aliphatic carbocycles. The summed E-state index contributed by atoms with van der Waals surface area (Å²) in [5.41, 5.74) is 0. The van der Waals surface area contributed by atoms with E-state index < -0.39 is 0 Å². The smallest absolute Gasteiger partial charge is 0.230 e. The van der Waals surface area contributed by atoms with E-state index in [1.165, 1.54) is 32.1 Å². The van der Waals surface area contributed by atoms with Crippen molar-refractivity contribution in [3.05, 3.63) is 0 Å². The molecule has 1 saturated heterocycles. The molecule has 5 aliphatic rings. The van der Waals surface area contributed by atoms with Crippen molar-refractivity contribution in [3.63, 3.8) is 0 Å². The first kappa shape index (κ1) is 11.0. The number of carbonyl (C=O) groups is 2. The van der Waals surface area contributed by atoms with Crippen molar-refractivity contribution < 1.29 is 9.59 Å². The lowest BCUT2D eigenvalue weighted by atomic mass is 9.53. The van der Waals surface area contributed by atoms with Gasteiger partial charge in [-0.2, -0.15) is 0 Å². The Labute approximate surface area is 108 Å². The maximum atomic E-state index is 12.1. The summed E-state index contributed by atoms with van der Waals surface area (Å²) < 4.78 is 0. The minimum absolute atomic E-state index is 0.115. The summed E-state index contributed by atoms with van der Waals surface area (Å²) in [7, 11) is 0. The maximum Gasteiger partial charge on any atom is 0.230 e. The molecule has 5 rings (SSSR count). The second-order valence-corrected chi connectivity index (χ2v) is 6.97. The van der Waals surface area contributed by atoms with E-state index in [1.807, 2.05) is 0 Å². The van der Waals surface area contributed by atoms with Crippen LogP contribution in [0.3, 0.4) is 0 Å². The summed E-state index contributed by atoms with van der Waals surface area (Å²) in [4.78, 5) is 25.6. The molecule has 0 atom stereocenters. The molecule has 0 aromatic carbocycles. The molecule has 0 aromatic rings. The number of hydrogen-bond acceptors (Lipinski definition) is 2. The topological polar surface area (TPSA) is 37.4 Å². The first-order chi connectivity index (χ1) is 8.70. The minimum atomic E-state index is 0.115. The molecule has 4 bridgehead atoms. The van der Waals surface area contributed by atoms with Crippen LogP contribution in [-0.4, -0.2) is 29.2 Å². The highest BCUT2D eigenvalue weighted by molar-refractivity contribution is 6.00. The number of piperidine rings is 1. The molecule has 3 heteroatoms. The van der Waals surface area contributed by atoms with E-state index in [4.69, 9.17) is 0 Å². The van der Waals surface area contributed by atoms with Crippen molar-refractivity contribution in [1.82, 2.24) is 4.90 Å². The van der Waals surface area contributed by atoms with Crippen molar-refractivity contribution in [2.45, 2.75) is 51.0 Å². The molecule has 4 saturated carbocycles. The van der Waals surface area contributed by atoms with E-state index in [0.717, 1.165) is 23.7 Å². The fourth-order valence-electron chi connectivity index (χ4n) is 5.45. The summed E-state index contributed by atoms with van der Waals surface area (Å²) in [5, 5.41) is 0. The molecule has 1 heterocycles. The van der Waals surface area contributed by atoms with Gasteiger partial charge in [-0.1, -0.05) is 0 Å². The highest BCUT2D eigenvalue weighted by Crippen LogP contribution is 2.55. The van der Waals surface area contributed by atoms with Crippen LogP contribution in [0.4, 0.5) is 0 Å². The summed E-state index contributed by atoms with van der Waals surface area (Å²) in [5.74, 6) is 3.65. The van der Waals surface area contributed by atoms with Gasteiger partial charge in [-0.05, 0) is 55.8 Å². The SMILES string of the molecule is O=C1CCN(C2C3CC4CC(C3)CC2C4)C(=O)C1. The van der Waals surface area contributed by atoms with Crippen molar-refractivity contribution in [1.29, 1.82) is 0 Å². The van der Waals surface area contributed by atoms with Crippen LogP contribution >= 0.6 is 0 Å². The average molecular weight is 247 g/mol. The van der Waals surface area contributed by atoms with Gasteiger partial charge in [-0.25, -0.2) is 0 Å². The zero-order valence-electron chi connectivity index (χ0n) is 10.8. The minimum Gasteiger partial charge on any atom is -0.338 e. The van der Waals surface area contributed by atoms with Crippen LogP contribution < -0.4 is 0 Å². The van der Waals surface area contributed by atoms with E-state index >= 15 is 0 Å². The molecule has 1 amide bonds. The van der Waals surface area contributed by atoms with Crippen molar-refractivity contribution in [2.75, 3.05) is 6.54 Å². The number of hydrogen-bond donors (Lipinski definition) is 0. The van der Waals surface area contributed by atoms with Gasteiger partial charge in [0.25, 0.3) is 0 Å². The molecule has 0 aromatic heterocycles. The van der Waals surface area contributed by atoms with E-state index in [-0.39, 0.29) is 18.1 Å². The van der Waals surface area contributed by atoms with E-state index in [0.29, 0.717) is 19.0 Å². The zero-order chi connectivity index (χ0) is 12.3. The Hall–Kier alpha value is -0.860. The summed E-state index contributed by atoms with van der Waals surface area (Å²) in [6.07, 6.45) is 7.58.